The van der Waals surface area contributed by atoms with Gasteiger partial charge in [-0.1, -0.05) is 0 Å². The van der Waals surface area contributed by atoms with Crippen LogP contribution in [0.5, 0.6) is 0 Å². The quantitative estimate of drug-likeness (QED) is 0.532. The van der Waals surface area contributed by atoms with Crippen molar-refractivity contribution in [3.05, 3.63) is 0 Å². The summed E-state index contributed by atoms with van der Waals surface area (Å²) in [6.07, 6.45) is 0. The predicted molar refractivity (Wildman–Crippen MR) is 76.5 cm³/mol. The second-order valence-corrected chi connectivity index (χ2v) is 6.46. The van der Waals surface area contributed by atoms with E-state index in [1.54, 1.807) is 25.7 Å². The van der Waals surface area contributed by atoms with Crippen molar-refractivity contribution in [2.45, 2.75) is 31.9 Å². The van der Waals surface area contributed by atoms with Gasteiger partial charge in [-0.05, 0) is 34.9 Å². The number of imide groups is 1. The summed E-state index contributed by atoms with van der Waals surface area (Å²) >= 11 is 0. The fourth-order valence-electron chi connectivity index (χ4n) is 2.19. The normalized spacial score (nSPS) is 20.4. The molecule has 0 aromatic rings. The van der Waals surface area contributed by atoms with Crippen LogP contribution in [0.25, 0.3) is 0 Å². The molecule has 1 aliphatic rings. The summed E-state index contributed by atoms with van der Waals surface area (Å²) in [5, 5.41) is 15.1. The number of urea groups is 1. The van der Waals surface area contributed by atoms with Gasteiger partial charge in [0.1, 0.15) is 12.1 Å². The van der Waals surface area contributed by atoms with Gasteiger partial charge in [0.25, 0.3) is 5.91 Å². The lowest BCUT2D eigenvalue weighted by atomic mass is 10.1. The van der Waals surface area contributed by atoms with Gasteiger partial charge in [0.2, 0.25) is 5.91 Å². The Morgan fingerprint density at radius 1 is 1.43 bits per heavy atom. The number of likely N-dealkylation sites (N-methyl/N-ethyl adjacent to an activating group) is 1. The number of amides is 4. The monoisotopic (exact) mass is 300 g/mol. The highest BCUT2D eigenvalue weighted by Gasteiger charge is 2.44. The Morgan fingerprint density at radius 3 is 2.43 bits per heavy atom. The van der Waals surface area contributed by atoms with Crippen LogP contribution in [-0.2, 0) is 9.59 Å². The number of carbonyl (C=O) groups excluding carboxylic acids is 3. The molecule has 1 atom stereocenters. The maximum Gasteiger partial charge on any atom is 0.325 e. The first-order valence-electron chi connectivity index (χ1n) is 6.72. The van der Waals surface area contributed by atoms with Crippen LogP contribution in [0.1, 0.15) is 20.8 Å². The van der Waals surface area contributed by atoms with E-state index >= 15 is 0 Å². The van der Waals surface area contributed by atoms with Gasteiger partial charge in [-0.25, -0.2) is 4.79 Å². The Morgan fingerprint density at radius 2 is 2.00 bits per heavy atom. The maximum atomic E-state index is 11.9. The second kappa shape index (κ2) is 5.98. The first-order chi connectivity index (χ1) is 9.44. The molecule has 0 aromatic heterocycles. The van der Waals surface area contributed by atoms with Gasteiger partial charge < -0.3 is 20.6 Å². The van der Waals surface area contributed by atoms with E-state index in [0.717, 1.165) is 4.90 Å². The summed E-state index contributed by atoms with van der Waals surface area (Å²) in [6, 6.07) is -0.583. The van der Waals surface area contributed by atoms with Crippen LogP contribution in [0.3, 0.4) is 0 Å². The Hall–Kier alpha value is -1.67. The highest BCUT2D eigenvalue weighted by atomic mass is 16.3. The first-order valence-corrected chi connectivity index (χ1v) is 6.72. The number of aliphatic hydroxyl groups is 1. The Labute approximate surface area is 124 Å². The largest absolute Gasteiger partial charge is 0.387 e. The van der Waals surface area contributed by atoms with Crippen LogP contribution < -0.4 is 10.6 Å². The van der Waals surface area contributed by atoms with Crippen LogP contribution in [-0.4, -0.2) is 77.6 Å². The lowest BCUT2D eigenvalue weighted by Crippen LogP contribution is -2.50. The molecular formula is C13H24N4O4. The van der Waals surface area contributed by atoms with Gasteiger partial charge in [-0.3, -0.25) is 14.5 Å². The second-order valence-electron chi connectivity index (χ2n) is 6.46. The smallest absolute Gasteiger partial charge is 0.325 e. The molecule has 1 unspecified atom stereocenters. The van der Waals surface area contributed by atoms with Crippen LogP contribution in [0.2, 0.25) is 0 Å². The summed E-state index contributed by atoms with van der Waals surface area (Å²) in [5.74, 6) is -0.932. The van der Waals surface area contributed by atoms with Crippen molar-refractivity contribution in [2.24, 2.45) is 0 Å². The summed E-state index contributed by atoms with van der Waals surface area (Å²) in [4.78, 5) is 38.1. The van der Waals surface area contributed by atoms with Crippen LogP contribution in [0.4, 0.5) is 4.79 Å². The first kappa shape index (κ1) is 17.4. The molecule has 1 rings (SSSR count). The zero-order valence-corrected chi connectivity index (χ0v) is 13.2. The highest BCUT2D eigenvalue weighted by Crippen LogP contribution is 2.15. The molecule has 0 radical (unpaired) electrons. The number of hydrogen-bond acceptors (Lipinski definition) is 5. The standard InChI is InChI=1S/C13H24N4O4/c1-12(2)10(19)17(11(20)15-12)6-9(18)14-7-13(3,21)8-16(4)5/h21H,6-8H2,1-5H3,(H,14,18)(H,15,20). The molecule has 0 spiro atoms. The van der Waals surface area contributed by atoms with E-state index in [9.17, 15) is 19.5 Å². The molecule has 3 N–H and O–H groups in total. The lowest BCUT2D eigenvalue weighted by molar-refractivity contribution is -0.134. The van der Waals surface area contributed by atoms with Crippen molar-refractivity contribution in [1.29, 1.82) is 0 Å². The fourth-order valence-corrected chi connectivity index (χ4v) is 2.19. The Bertz CT molecular complexity index is 445. The van der Waals surface area contributed by atoms with Crippen molar-refractivity contribution < 1.29 is 19.5 Å². The van der Waals surface area contributed by atoms with E-state index in [1.807, 2.05) is 14.1 Å². The molecule has 120 valence electrons. The number of carbonyl (C=O) groups is 3. The Balaban J connectivity index is 2.52. The van der Waals surface area contributed by atoms with Gasteiger partial charge in [-0.15, -0.1) is 0 Å². The summed E-state index contributed by atoms with van der Waals surface area (Å²) < 4.78 is 0. The third-order valence-electron chi connectivity index (χ3n) is 3.07. The molecule has 4 amide bonds. The average molecular weight is 300 g/mol. The predicted octanol–water partition coefficient (Wildman–Crippen LogP) is -1.25. The maximum absolute atomic E-state index is 11.9. The molecule has 1 fully saturated rings. The molecule has 0 aliphatic carbocycles. The average Bonchev–Trinajstić information content (AvgIpc) is 2.47. The highest BCUT2D eigenvalue weighted by molar-refractivity contribution is 6.08. The van der Waals surface area contributed by atoms with Crippen molar-refractivity contribution in [3.8, 4) is 0 Å². The van der Waals surface area contributed by atoms with Gasteiger partial charge in [-0.2, -0.15) is 0 Å². The van der Waals surface area contributed by atoms with Crippen molar-refractivity contribution in [1.82, 2.24) is 20.4 Å². The number of nitrogens with zero attached hydrogens (tertiary/aromatic N) is 2. The Kier molecular flexibility index (Phi) is 4.95. The summed E-state index contributed by atoms with van der Waals surface area (Å²) in [7, 11) is 3.62. The number of hydrogen-bond donors (Lipinski definition) is 3. The minimum absolute atomic E-state index is 0.0387. The third-order valence-corrected chi connectivity index (χ3v) is 3.07. The zero-order valence-electron chi connectivity index (χ0n) is 13.2. The molecule has 1 aliphatic heterocycles. The SMILES string of the molecule is CN(C)CC(C)(O)CNC(=O)CN1C(=O)NC(C)(C)C1=O. The minimum atomic E-state index is -1.09. The van der Waals surface area contributed by atoms with Crippen molar-refractivity contribution in [2.75, 3.05) is 33.7 Å². The molecule has 21 heavy (non-hydrogen) atoms. The molecule has 8 nitrogen and oxygen atoms in total. The van der Waals surface area contributed by atoms with Gasteiger partial charge >= 0.3 is 6.03 Å². The van der Waals surface area contributed by atoms with E-state index in [4.69, 9.17) is 0 Å². The van der Waals surface area contributed by atoms with E-state index in [-0.39, 0.29) is 13.1 Å². The molecular weight excluding hydrogens is 276 g/mol. The van der Waals surface area contributed by atoms with Crippen molar-refractivity contribution >= 4 is 17.8 Å². The zero-order chi connectivity index (χ0) is 16.4. The van der Waals surface area contributed by atoms with Gasteiger partial charge in [0.05, 0.1) is 5.60 Å². The van der Waals surface area contributed by atoms with Crippen LogP contribution >= 0.6 is 0 Å². The van der Waals surface area contributed by atoms with Crippen LogP contribution in [0.15, 0.2) is 0 Å². The topological polar surface area (TPSA) is 102 Å². The molecule has 0 bridgehead atoms. The summed E-state index contributed by atoms with van der Waals surface area (Å²) in [5.41, 5.74) is -2.08. The van der Waals surface area contributed by atoms with E-state index in [1.165, 1.54) is 0 Å². The minimum Gasteiger partial charge on any atom is -0.387 e. The van der Waals surface area contributed by atoms with Gasteiger partial charge in [0.15, 0.2) is 0 Å². The number of rotatable bonds is 6. The molecule has 1 heterocycles. The third kappa shape index (κ3) is 4.68. The van der Waals surface area contributed by atoms with Crippen molar-refractivity contribution in [3.63, 3.8) is 0 Å². The molecule has 0 saturated carbocycles. The summed E-state index contributed by atoms with van der Waals surface area (Å²) in [6.45, 7) is 4.82. The fraction of sp³-hybridized carbons (Fsp3) is 0.769. The van der Waals surface area contributed by atoms with Crippen LogP contribution in [0, 0.1) is 0 Å². The number of nitrogens with one attached hydrogen (secondary N) is 2. The molecule has 8 heteroatoms. The van der Waals surface area contributed by atoms with Gasteiger partial charge in [0, 0.05) is 13.1 Å². The van der Waals surface area contributed by atoms with E-state index < -0.39 is 29.0 Å². The molecule has 0 aromatic carbocycles. The van der Waals surface area contributed by atoms with E-state index in [0.29, 0.717) is 6.54 Å². The van der Waals surface area contributed by atoms with E-state index in [2.05, 4.69) is 10.6 Å². The lowest BCUT2D eigenvalue weighted by Gasteiger charge is -2.27. The molecule has 1 saturated heterocycles.